The van der Waals surface area contributed by atoms with E-state index in [1.165, 1.54) is 5.56 Å². The van der Waals surface area contributed by atoms with Gasteiger partial charge in [-0.1, -0.05) is 30.3 Å². The molecule has 25 heavy (non-hydrogen) atoms. The van der Waals surface area contributed by atoms with Crippen molar-refractivity contribution < 1.29 is 28.4 Å². The minimum Gasteiger partial charge on any atom is -0.377 e. The lowest BCUT2D eigenvalue weighted by Gasteiger charge is -2.19. The summed E-state index contributed by atoms with van der Waals surface area (Å²) < 4.78 is 33.5. The Kier molecular flexibility index (Phi) is 11.5. The highest BCUT2D eigenvalue weighted by molar-refractivity contribution is 5.15. The van der Waals surface area contributed by atoms with Crippen molar-refractivity contribution in [3.05, 3.63) is 35.9 Å². The molecule has 1 heterocycles. The molecule has 0 amide bonds. The summed E-state index contributed by atoms with van der Waals surface area (Å²) in [7, 11) is 0. The van der Waals surface area contributed by atoms with Crippen LogP contribution >= 0.6 is 0 Å². The molecule has 1 aromatic rings. The van der Waals surface area contributed by atoms with Crippen molar-refractivity contribution in [3.8, 4) is 0 Å². The Morgan fingerprint density at radius 3 is 1.64 bits per heavy atom. The Hall–Kier alpha value is -1.02. The molecule has 0 N–H and O–H groups in total. The van der Waals surface area contributed by atoms with Crippen molar-refractivity contribution in [1.29, 1.82) is 0 Å². The topological polar surface area (TPSA) is 55.4 Å². The third kappa shape index (κ3) is 10.5. The van der Waals surface area contributed by atoms with Gasteiger partial charge in [-0.05, 0) is 5.56 Å². The average Bonchev–Trinajstić information content (AvgIpc) is 2.64. The van der Waals surface area contributed by atoms with Gasteiger partial charge in [0, 0.05) is 6.42 Å². The van der Waals surface area contributed by atoms with Crippen molar-refractivity contribution in [1.82, 2.24) is 0 Å². The summed E-state index contributed by atoms with van der Waals surface area (Å²) in [5, 5.41) is 0. The van der Waals surface area contributed by atoms with Crippen LogP contribution in [0.15, 0.2) is 30.3 Å². The number of ether oxygens (including phenoxy) is 6. The van der Waals surface area contributed by atoms with Gasteiger partial charge in [0.1, 0.15) is 0 Å². The first-order valence-corrected chi connectivity index (χ1v) is 8.99. The minimum atomic E-state index is 0.00414. The van der Waals surface area contributed by atoms with Gasteiger partial charge in [-0.3, -0.25) is 0 Å². The van der Waals surface area contributed by atoms with Crippen molar-refractivity contribution >= 4 is 0 Å². The van der Waals surface area contributed by atoms with Crippen LogP contribution in [0.5, 0.6) is 0 Å². The Labute approximate surface area is 150 Å². The molecule has 1 aliphatic rings. The number of rotatable bonds is 2. The van der Waals surface area contributed by atoms with Gasteiger partial charge >= 0.3 is 0 Å². The van der Waals surface area contributed by atoms with E-state index in [4.69, 9.17) is 28.4 Å². The molecule has 0 bridgehead atoms. The first kappa shape index (κ1) is 20.3. The second kappa shape index (κ2) is 14.2. The van der Waals surface area contributed by atoms with Crippen LogP contribution in [0.1, 0.15) is 5.56 Å². The highest BCUT2D eigenvalue weighted by Gasteiger charge is 2.11. The molecule has 2 rings (SSSR count). The maximum atomic E-state index is 5.94. The smallest absolute Gasteiger partial charge is 0.0849 e. The SMILES string of the molecule is c1ccc(CC2COCCOCCOCCOCCOCCO2)cc1. The quantitative estimate of drug-likeness (QED) is 0.806. The van der Waals surface area contributed by atoms with Crippen molar-refractivity contribution in [2.45, 2.75) is 12.5 Å². The van der Waals surface area contributed by atoms with Crippen LogP contribution in [0.3, 0.4) is 0 Å². The van der Waals surface area contributed by atoms with E-state index in [-0.39, 0.29) is 6.10 Å². The van der Waals surface area contributed by atoms with E-state index in [1.54, 1.807) is 0 Å². The Morgan fingerprint density at radius 2 is 1.08 bits per heavy atom. The van der Waals surface area contributed by atoms with E-state index in [1.807, 2.05) is 18.2 Å². The molecule has 1 aromatic carbocycles. The van der Waals surface area contributed by atoms with Gasteiger partial charge in [0.25, 0.3) is 0 Å². The molecule has 6 heteroatoms. The van der Waals surface area contributed by atoms with Crippen molar-refractivity contribution in [2.75, 3.05) is 72.7 Å². The third-order valence-electron chi connectivity index (χ3n) is 3.68. The first-order chi connectivity index (χ1) is 12.4. The average molecular weight is 354 g/mol. The second-order valence-electron chi connectivity index (χ2n) is 5.71. The predicted molar refractivity (Wildman–Crippen MR) is 94.0 cm³/mol. The summed E-state index contributed by atoms with van der Waals surface area (Å²) in [6, 6.07) is 10.3. The molecule has 0 aliphatic carbocycles. The van der Waals surface area contributed by atoms with Crippen LogP contribution < -0.4 is 0 Å². The lowest BCUT2D eigenvalue weighted by Crippen LogP contribution is -2.26. The van der Waals surface area contributed by atoms with Crippen LogP contribution in [0.2, 0.25) is 0 Å². The van der Waals surface area contributed by atoms with Crippen LogP contribution in [-0.2, 0) is 34.8 Å². The van der Waals surface area contributed by atoms with Crippen molar-refractivity contribution in [3.63, 3.8) is 0 Å². The zero-order valence-corrected chi connectivity index (χ0v) is 14.9. The third-order valence-corrected chi connectivity index (χ3v) is 3.68. The molecule has 142 valence electrons. The highest BCUT2D eigenvalue weighted by Crippen LogP contribution is 2.07. The zero-order valence-electron chi connectivity index (χ0n) is 14.9. The molecule has 0 spiro atoms. The summed E-state index contributed by atoms with van der Waals surface area (Å²) in [4.78, 5) is 0. The van der Waals surface area contributed by atoms with E-state index in [9.17, 15) is 0 Å². The Morgan fingerprint density at radius 1 is 0.600 bits per heavy atom. The van der Waals surface area contributed by atoms with Crippen LogP contribution in [0, 0.1) is 0 Å². The molecule has 1 saturated heterocycles. The molecule has 0 aromatic heterocycles. The van der Waals surface area contributed by atoms with Gasteiger partial charge in [-0.25, -0.2) is 0 Å². The normalized spacial score (nSPS) is 23.4. The fourth-order valence-electron chi connectivity index (χ4n) is 2.41. The number of benzene rings is 1. The standard InChI is InChI=1S/C19H30O6/c1-2-4-18(5-3-1)16-19-17-24-13-12-22-9-8-20-6-7-21-10-11-23-14-15-25-19/h1-5,19H,6-17H2. The molecule has 1 unspecified atom stereocenters. The summed E-state index contributed by atoms with van der Waals surface area (Å²) >= 11 is 0. The van der Waals surface area contributed by atoms with E-state index in [0.29, 0.717) is 72.7 Å². The summed E-state index contributed by atoms with van der Waals surface area (Å²) in [5.74, 6) is 0. The van der Waals surface area contributed by atoms with Gasteiger partial charge < -0.3 is 28.4 Å². The fourth-order valence-corrected chi connectivity index (χ4v) is 2.41. The molecule has 1 atom stereocenters. The zero-order chi connectivity index (χ0) is 17.4. The van der Waals surface area contributed by atoms with Gasteiger partial charge in [0.05, 0.1) is 78.8 Å². The number of hydrogen-bond acceptors (Lipinski definition) is 6. The van der Waals surface area contributed by atoms with Crippen LogP contribution in [0.4, 0.5) is 0 Å². The van der Waals surface area contributed by atoms with Gasteiger partial charge in [-0.15, -0.1) is 0 Å². The minimum absolute atomic E-state index is 0.00414. The summed E-state index contributed by atoms with van der Waals surface area (Å²) in [6.45, 7) is 6.15. The fraction of sp³-hybridized carbons (Fsp3) is 0.684. The molecule has 6 nitrogen and oxygen atoms in total. The van der Waals surface area contributed by atoms with Crippen LogP contribution in [-0.4, -0.2) is 78.8 Å². The van der Waals surface area contributed by atoms with E-state index in [0.717, 1.165) is 6.42 Å². The summed E-state index contributed by atoms with van der Waals surface area (Å²) in [5.41, 5.74) is 1.24. The van der Waals surface area contributed by atoms with Crippen molar-refractivity contribution in [2.24, 2.45) is 0 Å². The van der Waals surface area contributed by atoms with E-state index >= 15 is 0 Å². The van der Waals surface area contributed by atoms with Crippen LogP contribution in [0.25, 0.3) is 0 Å². The van der Waals surface area contributed by atoms with Gasteiger partial charge in [0.15, 0.2) is 0 Å². The van der Waals surface area contributed by atoms with Gasteiger partial charge in [0.2, 0.25) is 0 Å². The molecule has 1 fully saturated rings. The monoisotopic (exact) mass is 354 g/mol. The first-order valence-electron chi connectivity index (χ1n) is 8.99. The summed E-state index contributed by atoms with van der Waals surface area (Å²) in [6.07, 6.45) is 0.822. The Bertz CT molecular complexity index is 396. The lowest BCUT2D eigenvalue weighted by atomic mass is 10.1. The predicted octanol–water partition coefficient (Wildman–Crippen LogP) is 1.71. The second-order valence-corrected chi connectivity index (χ2v) is 5.71. The largest absolute Gasteiger partial charge is 0.377 e. The molecule has 0 saturated carbocycles. The lowest BCUT2D eigenvalue weighted by molar-refractivity contribution is -0.0599. The van der Waals surface area contributed by atoms with E-state index in [2.05, 4.69) is 12.1 Å². The van der Waals surface area contributed by atoms with E-state index < -0.39 is 0 Å². The molecular formula is C19H30O6. The molecule has 0 radical (unpaired) electrons. The molecular weight excluding hydrogens is 324 g/mol. The Balaban J connectivity index is 1.73. The van der Waals surface area contributed by atoms with Gasteiger partial charge in [-0.2, -0.15) is 0 Å². The maximum absolute atomic E-state index is 5.94. The maximum Gasteiger partial charge on any atom is 0.0849 e. The molecule has 1 aliphatic heterocycles. The highest BCUT2D eigenvalue weighted by atomic mass is 16.6. The number of hydrogen-bond donors (Lipinski definition) is 0.